The number of nitrogens with zero attached hydrogens (tertiary/aromatic N) is 1. The third-order valence-corrected chi connectivity index (χ3v) is 5.38. The molecule has 5 nitrogen and oxygen atoms in total. The number of fused-ring (bicyclic) bond motifs is 1. The Labute approximate surface area is 161 Å². The maximum atomic E-state index is 11.6. The summed E-state index contributed by atoms with van der Waals surface area (Å²) in [6.07, 6.45) is 1.26. The minimum Gasteiger partial charge on any atom is -0.493 e. The van der Waals surface area contributed by atoms with Gasteiger partial charge < -0.3 is 4.74 Å². The van der Waals surface area contributed by atoms with E-state index in [9.17, 15) is 9.59 Å². The van der Waals surface area contributed by atoms with Gasteiger partial charge in [0, 0.05) is 17.5 Å². The van der Waals surface area contributed by atoms with Crippen LogP contribution in [0.25, 0.3) is 10.9 Å². The average Bonchev–Trinajstić information content (AvgIpc) is 3.00. The molecule has 3 aromatic rings. The molecule has 1 aliphatic rings. The molecule has 2 heterocycles. The second-order valence-electron chi connectivity index (χ2n) is 6.33. The van der Waals surface area contributed by atoms with Crippen LogP contribution in [0.5, 0.6) is 5.75 Å². The number of carbonyl (C=O) groups is 2. The van der Waals surface area contributed by atoms with Crippen LogP contribution in [0.4, 0.5) is 4.79 Å². The smallest absolute Gasteiger partial charge is 0.286 e. The first-order valence-corrected chi connectivity index (χ1v) is 9.63. The molecule has 0 saturated carbocycles. The van der Waals surface area contributed by atoms with E-state index in [0.717, 1.165) is 46.1 Å². The van der Waals surface area contributed by atoms with Crippen LogP contribution in [-0.4, -0.2) is 28.0 Å². The van der Waals surface area contributed by atoms with Gasteiger partial charge in [-0.2, -0.15) is 0 Å². The van der Waals surface area contributed by atoms with Gasteiger partial charge in [0.1, 0.15) is 5.75 Å². The lowest BCUT2D eigenvalue weighted by Crippen LogP contribution is -2.25. The van der Waals surface area contributed by atoms with Gasteiger partial charge in [-0.05, 0) is 36.2 Å². The van der Waals surface area contributed by atoms with Crippen molar-refractivity contribution in [2.75, 3.05) is 6.61 Å². The van der Waals surface area contributed by atoms with Crippen LogP contribution in [0.3, 0.4) is 0 Å². The van der Waals surface area contributed by atoms with Crippen molar-refractivity contribution in [3.8, 4) is 5.75 Å². The molecule has 0 bridgehead atoms. The molecule has 1 aliphatic heterocycles. The predicted octanol–water partition coefficient (Wildman–Crippen LogP) is 3.75. The SMILES string of the molecule is O=C1NC(=O)C(Cc2ccc(OCCc3ccc4ccccc4n3)cc2)S1. The second kappa shape index (κ2) is 7.80. The number of ether oxygens (including phenoxy) is 1. The van der Waals surface area contributed by atoms with Gasteiger partial charge in [0.2, 0.25) is 5.91 Å². The fourth-order valence-electron chi connectivity index (χ4n) is 2.98. The van der Waals surface area contributed by atoms with Crippen molar-refractivity contribution < 1.29 is 14.3 Å². The average molecular weight is 378 g/mol. The Morgan fingerprint density at radius 2 is 1.81 bits per heavy atom. The lowest BCUT2D eigenvalue weighted by atomic mass is 10.1. The fraction of sp³-hybridized carbons (Fsp3) is 0.190. The number of nitrogens with one attached hydrogen (secondary N) is 1. The molecular formula is C21H18N2O3S. The molecule has 0 spiro atoms. The molecule has 1 atom stereocenters. The predicted molar refractivity (Wildman–Crippen MR) is 106 cm³/mol. The van der Waals surface area contributed by atoms with Crippen molar-refractivity contribution in [3.05, 3.63) is 71.9 Å². The van der Waals surface area contributed by atoms with Crippen LogP contribution in [0.1, 0.15) is 11.3 Å². The Morgan fingerprint density at radius 3 is 2.59 bits per heavy atom. The highest BCUT2D eigenvalue weighted by Gasteiger charge is 2.31. The minimum atomic E-state index is -0.344. The molecule has 4 rings (SSSR count). The fourth-order valence-corrected chi connectivity index (χ4v) is 3.84. The number of carbonyl (C=O) groups excluding carboxylic acids is 2. The van der Waals surface area contributed by atoms with Crippen LogP contribution >= 0.6 is 11.8 Å². The highest BCUT2D eigenvalue weighted by molar-refractivity contribution is 8.15. The van der Waals surface area contributed by atoms with Crippen LogP contribution < -0.4 is 10.1 Å². The first-order chi connectivity index (χ1) is 13.2. The van der Waals surface area contributed by atoms with Crippen molar-refractivity contribution in [2.24, 2.45) is 0 Å². The third-order valence-electron chi connectivity index (χ3n) is 4.39. The van der Waals surface area contributed by atoms with Gasteiger partial charge >= 0.3 is 0 Å². The highest BCUT2D eigenvalue weighted by Crippen LogP contribution is 2.24. The van der Waals surface area contributed by atoms with Crippen LogP contribution in [-0.2, 0) is 17.6 Å². The van der Waals surface area contributed by atoms with Crippen LogP contribution in [0, 0.1) is 0 Å². The van der Waals surface area contributed by atoms with E-state index in [-0.39, 0.29) is 16.4 Å². The van der Waals surface area contributed by atoms with Gasteiger partial charge in [0.05, 0.1) is 17.4 Å². The molecule has 0 aliphatic carbocycles. The Bertz CT molecular complexity index is 988. The topological polar surface area (TPSA) is 68.3 Å². The van der Waals surface area contributed by atoms with Gasteiger partial charge in [-0.3, -0.25) is 19.9 Å². The van der Waals surface area contributed by atoms with Gasteiger partial charge in [-0.25, -0.2) is 0 Å². The van der Waals surface area contributed by atoms with Crippen LogP contribution in [0.2, 0.25) is 0 Å². The number of hydrogen-bond acceptors (Lipinski definition) is 5. The van der Waals surface area contributed by atoms with Gasteiger partial charge in [0.15, 0.2) is 0 Å². The number of aromatic nitrogens is 1. The number of rotatable bonds is 6. The summed E-state index contributed by atoms with van der Waals surface area (Å²) in [6, 6.07) is 19.8. The van der Waals surface area contributed by atoms with Crippen LogP contribution in [0.15, 0.2) is 60.7 Å². The molecule has 2 aromatic carbocycles. The zero-order chi connectivity index (χ0) is 18.6. The van der Waals surface area contributed by atoms with E-state index in [2.05, 4.69) is 16.4 Å². The summed E-state index contributed by atoms with van der Waals surface area (Å²) in [5.74, 6) is 0.562. The highest BCUT2D eigenvalue weighted by atomic mass is 32.2. The quantitative estimate of drug-likeness (QED) is 0.707. The number of benzene rings is 2. The lowest BCUT2D eigenvalue weighted by molar-refractivity contribution is -0.118. The zero-order valence-corrected chi connectivity index (χ0v) is 15.4. The van der Waals surface area contributed by atoms with E-state index in [1.165, 1.54) is 0 Å². The molecule has 2 amide bonds. The number of hydrogen-bond donors (Lipinski definition) is 1. The number of thioether (sulfide) groups is 1. The summed E-state index contributed by atoms with van der Waals surface area (Å²) in [4.78, 5) is 27.5. The number of pyridine rings is 1. The third kappa shape index (κ3) is 4.28. The molecule has 136 valence electrons. The molecular weight excluding hydrogens is 360 g/mol. The molecule has 6 heteroatoms. The van der Waals surface area contributed by atoms with Crippen molar-refractivity contribution in [1.82, 2.24) is 10.3 Å². The minimum absolute atomic E-state index is 0.215. The van der Waals surface area contributed by atoms with E-state index in [0.29, 0.717) is 13.0 Å². The van der Waals surface area contributed by atoms with Gasteiger partial charge in [-0.15, -0.1) is 0 Å². The normalized spacial score (nSPS) is 16.5. The van der Waals surface area contributed by atoms with Crippen molar-refractivity contribution in [1.29, 1.82) is 0 Å². The Balaban J connectivity index is 1.30. The Kier molecular flexibility index (Phi) is 5.07. The molecule has 1 N–H and O–H groups in total. The molecule has 1 saturated heterocycles. The second-order valence-corrected chi connectivity index (χ2v) is 7.50. The largest absolute Gasteiger partial charge is 0.493 e. The summed E-state index contributed by atoms with van der Waals surface area (Å²) in [5.41, 5.74) is 2.99. The summed E-state index contributed by atoms with van der Waals surface area (Å²) in [7, 11) is 0. The van der Waals surface area contributed by atoms with Gasteiger partial charge in [-0.1, -0.05) is 48.2 Å². The maximum Gasteiger partial charge on any atom is 0.286 e. The lowest BCUT2D eigenvalue weighted by Gasteiger charge is -2.09. The monoisotopic (exact) mass is 378 g/mol. The van der Waals surface area contributed by atoms with Gasteiger partial charge in [0.25, 0.3) is 5.24 Å². The van der Waals surface area contributed by atoms with E-state index < -0.39 is 0 Å². The molecule has 27 heavy (non-hydrogen) atoms. The van der Waals surface area contributed by atoms with Crippen molar-refractivity contribution in [3.63, 3.8) is 0 Å². The maximum absolute atomic E-state index is 11.6. The summed E-state index contributed by atoms with van der Waals surface area (Å²) in [5, 5.41) is 2.83. The molecule has 1 fully saturated rings. The first kappa shape index (κ1) is 17.5. The van der Waals surface area contributed by atoms with E-state index >= 15 is 0 Å². The number of imide groups is 1. The Morgan fingerprint density at radius 1 is 1.00 bits per heavy atom. The molecule has 1 unspecified atom stereocenters. The standard InChI is InChI=1S/C21H18N2O3S/c24-20-19(27-21(25)23-20)13-14-5-9-17(10-6-14)26-12-11-16-8-7-15-3-1-2-4-18(15)22-16/h1-10,19H,11-13H2,(H,23,24,25). The molecule has 0 radical (unpaired) electrons. The first-order valence-electron chi connectivity index (χ1n) is 8.75. The summed E-state index contributed by atoms with van der Waals surface area (Å²) >= 11 is 1.05. The zero-order valence-electron chi connectivity index (χ0n) is 14.6. The van der Waals surface area contributed by atoms with E-state index in [4.69, 9.17) is 4.74 Å². The van der Waals surface area contributed by atoms with Crippen molar-refractivity contribution >= 4 is 33.8 Å². The van der Waals surface area contributed by atoms with Crippen molar-refractivity contribution in [2.45, 2.75) is 18.1 Å². The Hall–Kier alpha value is -2.86. The number of amides is 2. The molecule has 1 aromatic heterocycles. The summed E-state index contributed by atoms with van der Waals surface area (Å²) in [6.45, 7) is 0.542. The van der Waals surface area contributed by atoms with E-state index in [1.807, 2.05) is 54.6 Å². The van der Waals surface area contributed by atoms with E-state index in [1.54, 1.807) is 0 Å². The summed E-state index contributed by atoms with van der Waals surface area (Å²) < 4.78 is 5.81. The number of para-hydroxylation sites is 1.